The summed E-state index contributed by atoms with van der Waals surface area (Å²) in [6.45, 7) is 4.19. The van der Waals surface area contributed by atoms with Crippen molar-refractivity contribution in [2.75, 3.05) is 20.3 Å². The zero-order chi connectivity index (χ0) is 27.1. The van der Waals surface area contributed by atoms with Crippen LogP contribution in [0.4, 0.5) is 4.39 Å². The van der Waals surface area contributed by atoms with Crippen LogP contribution in [0.1, 0.15) is 29.1 Å². The van der Waals surface area contributed by atoms with Gasteiger partial charge in [0.05, 0.1) is 13.7 Å². The Labute approximate surface area is 223 Å². The molecular weight excluding hydrogens is 511 g/mol. The van der Waals surface area contributed by atoms with E-state index in [0.717, 1.165) is 17.0 Å². The molecule has 0 amide bonds. The second-order valence-corrected chi connectivity index (χ2v) is 9.41. The average molecular weight is 539 g/mol. The second-order valence-electron chi connectivity index (χ2n) is 8.24. The van der Waals surface area contributed by atoms with E-state index in [0.29, 0.717) is 34.7 Å². The molecule has 0 aliphatic carbocycles. The monoisotopic (exact) mass is 538 g/mol. The summed E-state index contributed by atoms with van der Waals surface area (Å²) in [4.78, 5) is 11.2. The lowest BCUT2D eigenvalue weighted by Crippen LogP contribution is -2.11. The average Bonchev–Trinajstić information content (AvgIpc) is 3.28. The molecule has 0 aliphatic rings. The molecule has 0 saturated carbocycles. The highest BCUT2D eigenvalue weighted by Gasteiger charge is 2.25. The van der Waals surface area contributed by atoms with Gasteiger partial charge >= 0.3 is 0 Å². The number of nitro groups is 1. The van der Waals surface area contributed by atoms with Gasteiger partial charge in [-0.2, -0.15) is 0 Å². The Morgan fingerprint density at radius 1 is 1.03 bits per heavy atom. The number of thioether (sulfide) groups is 1. The molecular formula is C27H27FN4O5S. The van der Waals surface area contributed by atoms with Gasteiger partial charge in [0.1, 0.15) is 29.2 Å². The topological polar surface area (TPSA) is 102 Å². The van der Waals surface area contributed by atoms with Gasteiger partial charge in [-0.05, 0) is 73.5 Å². The molecule has 0 bridgehead atoms. The number of nitrogens with zero attached hydrogens (tertiary/aromatic N) is 4. The number of ether oxygens (including phenoxy) is 3. The van der Waals surface area contributed by atoms with E-state index in [4.69, 9.17) is 14.2 Å². The molecule has 38 heavy (non-hydrogen) atoms. The summed E-state index contributed by atoms with van der Waals surface area (Å²) in [7, 11) is 1.51. The second kappa shape index (κ2) is 12.4. The largest absolute Gasteiger partial charge is 0.494 e. The Morgan fingerprint density at radius 3 is 2.42 bits per heavy atom. The molecule has 0 fully saturated rings. The number of aromatic nitrogens is 3. The van der Waals surface area contributed by atoms with E-state index in [-0.39, 0.29) is 23.9 Å². The maximum absolute atomic E-state index is 13.2. The van der Waals surface area contributed by atoms with Crippen LogP contribution in [0.2, 0.25) is 0 Å². The maximum atomic E-state index is 13.2. The van der Waals surface area contributed by atoms with Crippen molar-refractivity contribution in [3.05, 3.63) is 99.6 Å². The molecule has 9 nitrogen and oxygen atoms in total. The Kier molecular flexibility index (Phi) is 8.80. The van der Waals surface area contributed by atoms with Gasteiger partial charge in [0, 0.05) is 10.6 Å². The van der Waals surface area contributed by atoms with E-state index < -0.39 is 5.25 Å². The smallest absolute Gasteiger partial charge is 0.220 e. The van der Waals surface area contributed by atoms with E-state index in [1.165, 1.54) is 31.0 Å². The molecule has 1 atom stereocenters. The van der Waals surface area contributed by atoms with Gasteiger partial charge in [0.15, 0.2) is 16.7 Å². The van der Waals surface area contributed by atoms with Crippen molar-refractivity contribution in [2.45, 2.75) is 30.9 Å². The fourth-order valence-electron chi connectivity index (χ4n) is 3.79. The van der Waals surface area contributed by atoms with Crippen LogP contribution in [0.25, 0.3) is 5.69 Å². The maximum Gasteiger partial charge on any atom is 0.220 e. The number of methoxy groups -OCH3 is 1. The highest BCUT2D eigenvalue weighted by atomic mass is 32.2. The normalized spacial score (nSPS) is 11.7. The lowest BCUT2D eigenvalue weighted by atomic mass is 10.1. The van der Waals surface area contributed by atoms with Crippen molar-refractivity contribution in [2.24, 2.45) is 0 Å². The number of hydrogen-bond acceptors (Lipinski definition) is 8. The molecule has 0 radical (unpaired) electrons. The van der Waals surface area contributed by atoms with Gasteiger partial charge in [0.25, 0.3) is 0 Å². The summed E-state index contributed by atoms with van der Waals surface area (Å²) in [6.07, 6.45) is 0. The molecule has 0 spiro atoms. The minimum Gasteiger partial charge on any atom is -0.494 e. The van der Waals surface area contributed by atoms with Crippen LogP contribution < -0.4 is 14.2 Å². The Balaban J connectivity index is 1.58. The zero-order valence-corrected chi connectivity index (χ0v) is 22.0. The molecule has 0 unspecified atom stereocenters. The molecule has 4 aromatic rings. The van der Waals surface area contributed by atoms with Crippen molar-refractivity contribution >= 4 is 11.8 Å². The zero-order valence-electron chi connectivity index (χ0n) is 21.2. The molecule has 11 heteroatoms. The standard InChI is InChI=1S/C27H27FN4O5S/c1-4-36-23-12-10-22(11-13-23)32-18(2)29-30-27(32)38-26(16-31(33)34)20-7-14-24(25(15-20)35-3)37-17-19-5-8-21(28)9-6-19/h5-15,26H,4,16-17H2,1-3H3/t26-/m1/s1. The van der Waals surface area contributed by atoms with Gasteiger partial charge in [-0.3, -0.25) is 14.7 Å². The predicted octanol–water partition coefficient (Wildman–Crippen LogP) is 5.81. The van der Waals surface area contributed by atoms with Gasteiger partial charge in [0.2, 0.25) is 6.54 Å². The van der Waals surface area contributed by atoms with Crippen LogP contribution in [0, 0.1) is 22.9 Å². The third kappa shape index (κ3) is 6.60. The van der Waals surface area contributed by atoms with Gasteiger partial charge < -0.3 is 14.2 Å². The Hall–Kier alpha value is -4.12. The minimum absolute atomic E-state index is 0.216. The van der Waals surface area contributed by atoms with E-state index in [1.807, 2.05) is 42.7 Å². The van der Waals surface area contributed by atoms with Gasteiger partial charge in [-0.15, -0.1) is 10.2 Å². The lowest BCUT2D eigenvalue weighted by molar-refractivity contribution is -0.479. The molecule has 3 aromatic carbocycles. The summed E-state index contributed by atoms with van der Waals surface area (Å²) < 4.78 is 31.9. The molecule has 198 valence electrons. The summed E-state index contributed by atoms with van der Waals surface area (Å²) in [6, 6.07) is 18.7. The fraction of sp³-hybridized carbons (Fsp3) is 0.259. The number of halogens is 1. The summed E-state index contributed by atoms with van der Waals surface area (Å²) >= 11 is 1.25. The van der Waals surface area contributed by atoms with Crippen LogP contribution in [0.3, 0.4) is 0 Å². The molecule has 0 saturated heterocycles. The first-order valence-electron chi connectivity index (χ1n) is 11.9. The van der Waals surface area contributed by atoms with E-state index in [2.05, 4.69) is 10.2 Å². The molecule has 1 aromatic heterocycles. The van der Waals surface area contributed by atoms with Gasteiger partial charge in [-0.1, -0.05) is 30.0 Å². The van der Waals surface area contributed by atoms with Crippen LogP contribution in [-0.4, -0.2) is 39.9 Å². The third-order valence-electron chi connectivity index (χ3n) is 5.63. The van der Waals surface area contributed by atoms with Gasteiger partial charge in [-0.25, -0.2) is 4.39 Å². The highest BCUT2D eigenvalue weighted by Crippen LogP contribution is 2.39. The van der Waals surface area contributed by atoms with Crippen LogP contribution in [0.15, 0.2) is 71.9 Å². The van der Waals surface area contributed by atoms with E-state index in [1.54, 1.807) is 30.3 Å². The minimum atomic E-state index is -0.574. The Bertz CT molecular complexity index is 1380. The first-order valence-corrected chi connectivity index (χ1v) is 12.7. The van der Waals surface area contributed by atoms with Crippen molar-refractivity contribution in [3.8, 4) is 22.9 Å². The van der Waals surface area contributed by atoms with Crippen LogP contribution in [-0.2, 0) is 6.61 Å². The van der Waals surface area contributed by atoms with Crippen molar-refractivity contribution in [1.82, 2.24) is 14.8 Å². The van der Waals surface area contributed by atoms with Crippen molar-refractivity contribution in [1.29, 1.82) is 0 Å². The highest BCUT2D eigenvalue weighted by molar-refractivity contribution is 7.99. The molecule has 1 heterocycles. The van der Waals surface area contributed by atoms with Crippen molar-refractivity contribution in [3.63, 3.8) is 0 Å². The molecule has 0 aliphatic heterocycles. The Morgan fingerprint density at radius 2 is 1.76 bits per heavy atom. The van der Waals surface area contributed by atoms with Crippen LogP contribution >= 0.6 is 11.8 Å². The quantitative estimate of drug-likeness (QED) is 0.127. The first kappa shape index (κ1) is 26.9. The van der Waals surface area contributed by atoms with Crippen molar-refractivity contribution < 1.29 is 23.5 Å². The number of rotatable bonds is 12. The summed E-state index contributed by atoms with van der Waals surface area (Å²) in [5.41, 5.74) is 2.29. The third-order valence-corrected chi connectivity index (χ3v) is 6.81. The molecule has 4 rings (SSSR count). The number of aryl methyl sites for hydroxylation is 1. The van der Waals surface area contributed by atoms with E-state index in [9.17, 15) is 14.5 Å². The van der Waals surface area contributed by atoms with Crippen LogP contribution in [0.5, 0.6) is 17.2 Å². The number of benzene rings is 3. The molecule has 0 N–H and O–H groups in total. The fourth-order valence-corrected chi connectivity index (χ4v) is 4.96. The summed E-state index contributed by atoms with van der Waals surface area (Å²) in [5, 5.41) is 20.0. The predicted molar refractivity (Wildman–Crippen MR) is 141 cm³/mol. The summed E-state index contributed by atoms with van der Waals surface area (Å²) in [5.74, 6) is 1.98. The lowest BCUT2D eigenvalue weighted by Gasteiger charge is -2.17. The first-order chi connectivity index (χ1) is 18.4. The SMILES string of the molecule is CCOc1ccc(-n2c(C)nnc2S[C@H](C[N+](=O)[O-])c2ccc(OCc3ccc(F)cc3)c(OC)c2)cc1. The van der Waals surface area contributed by atoms with E-state index >= 15 is 0 Å². The number of hydrogen-bond donors (Lipinski definition) is 0.